The second-order valence-corrected chi connectivity index (χ2v) is 5.84. The molecule has 0 amide bonds. The maximum absolute atomic E-state index is 10.9. The van der Waals surface area contributed by atoms with Crippen molar-refractivity contribution in [3.8, 4) is 0 Å². The highest BCUT2D eigenvalue weighted by Gasteiger charge is 2.25. The Morgan fingerprint density at radius 3 is 3.05 bits per heavy atom. The Morgan fingerprint density at radius 2 is 2.32 bits per heavy atom. The molecule has 118 valence electrons. The Balaban J connectivity index is 1.69. The van der Waals surface area contributed by atoms with Crippen molar-refractivity contribution in [2.24, 2.45) is 7.05 Å². The number of hydrogen-bond donors (Lipinski definition) is 1. The molecule has 1 aliphatic rings. The number of hydrogen-bond acceptors (Lipinski definition) is 4. The summed E-state index contributed by atoms with van der Waals surface area (Å²) in [5.74, 6) is 0.529. The number of likely N-dealkylation sites (tertiary alicyclic amines) is 1. The van der Waals surface area contributed by atoms with E-state index in [0.29, 0.717) is 5.92 Å². The van der Waals surface area contributed by atoms with Gasteiger partial charge in [0.15, 0.2) is 0 Å². The molecule has 1 aliphatic heterocycles. The molecule has 0 spiro atoms. The van der Waals surface area contributed by atoms with E-state index in [-0.39, 0.29) is 6.54 Å². The Bertz CT molecular complexity index is 648. The summed E-state index contributed by atoms with van der Waals surface area (Å²) in [7, 11) is 2.01. The number of aliphatic carboxylic acids is 1. The van der Waals surface area contributed by atoms with E-state index in [9.17, 15) is 4.79 Å². The molecule has 1 saturated heterocycles. The monoisotopic (exact) mass is 303 g/mol. The van der Waals surface area contributed by atoms with Gasteiger partial charge < -0.3 is 9.67 Å². The van der Waals surface area contributed by atoms with E-state index in [2.05, 4.69) is 15.0 Å². The molecule has 2 aromatic rings. The van der Waals surface area contributed by atoms with Crippen LogP contribution in [-0.4, -0.2) is 48.4 Å². The normalized spacial score (nSPS) is 19.4. The third-order valence-electron chi connectivity index (χ3n) is 4.24. The quantitative estimate of drug-likeness (QED) is 0.894. The molecule has 1 fully saturated rings. The summed E-state index contributed by atoms with van der Waals surface area (Å²) in [6, 6.07) is 1.94. The van der Waals surface area contributed by atoms with Crippen molar-refractivity contribution < 1.29 is 9.90 Å². The van der Waals surface area contributed by atoms with Crippen LogP contribution in [0.25, 0.3) is 0 Å². The molecule has 0 aromatic carbocycles. The first-order chi connectivity index (χ1) is 10.6. The second kappa shape index (κ2) is 6.31. The van der Waals surface area contributed by atoms with Gasteiger partial charge in [-0.1, -0.05) is 0 Å². The first-order valence-corrected chi connectivity index (χ1v) is 7.55. The average Bonchev–Trinajstić information content (AvgIpc) is 3.09. The molecule has 7 nitrogen and oxygen atoms in total. The zero-order valence-electron chi connectivity index (χ0n) is 12.7. The van der Waals surface area contributed by atoms with Crippen LogP contribution in [0.15, 0.2) is 24.7 Å². The molecule has 0 aliphatic carbocycles. The highest BCUT2D eigenvalue weighted by atomic mass is 16.4. The van der Waals surface area contributed by atoms with Crippen molar-refractivity contribution in [1.29, 1.82) is 0 Å². The minimum atomic E-state index is -0.856. The SMILES string of the molecule is Cn1ccnc1CN1CCC[C@@H](c2ccnn2CC(=O)O)C1. The number of carbonyl (C=O) groups is 1. The molecular weight excluding hydrogens is 282 g/mol. The number of carboxylic acids is 1. The van der Waals surface area contributed by atoms with E-state index >= 15 is 0 Å². The molecular formula is C15H21N5O2. The molecule has 0 saturated carbocycles. The largest absolute Gasteiger partial charge is 0.480 e. The van der Waals surface area contributed by atoms with E-state index in [1.807, 2.05) is 30.1 Å². The fourth-order valence-corrected chi connectivity index (χ4v) is 3.14. The molecule has 0 unspecified atom stereocenters. The van der Waals surface area contributed by atoms with Crippen LogP contribution in [0, 0.1) is 0 Å². The first-order valence-electron chi connectivity index (χ1n) is 7.55. The minimum absolute atomic E-state index is 0.0712. The van der Waals surface area contributed by atoms with Crippen molar-refractivity contribution >= 4 is 5.97 Å². The van der Waals surface area contributed by atoms with Gasteiger partial charge in [-0.25, -0.2) is 4.98 Å². The fraction of sp³-hybridized carbons (Fsp3) is 0.533. The average molecular weight is 303 g/mol. The Morgan fingerprint density at radius 1 is 1.45 bits per heavy atom. The van der Waals surface area contributed by atoms with Crippen molar-refractivity contribution in [2.45, 2.75) is 31.8 Å². The number of nitrogens with zero attached hydrogens (tertiary/aromatic N) is 5. The zero-order valence-corrected chi connectivity index (χ0v) is 12.7. The molecule has 1 atom stereocenters. The molecule has 0 radical (unpaired) electrons. The van der Waals surface area contributed by atoms with Crippen molar-refractivity contribution in [3.05, 3.63) is 36.2 Å². The molecule has 22 heavy (non-hydrogen) atoms. The smallest absolute Gasteiger partial charge is 0.325 e. The van der Waals surface area contributed by atoms with E-state index in [1.165, 1.54) is 0 Å². The number of imidazole rings is 1. The molecule has 3 rings (SSSR count). The van der Waals surface area contributed by atoms with Gasteiger partial charge in [0, 0.05) is 43.8 Å². The Kier molecular flexibility index (Phi) is 4.24. The second-order valence-electron chi connectivity index (χ2n) is 5.84. The van der Waals surface area contributed by atoms with Crippen LogP contribution < -0.4 is 0 Å². The van der Waals surface area contributed by atoms with E-state index in [4.69, 9.17) is 5.11 Å². The third-order valence-corrected chi connectivity index (χ3v) is 4.24. The predicted octanol–water partition coefficient (Wildman–Crippen LogP) is 1.08. The summed E-state index contributed by atoms with van der Waals surface area (Å²) in [6.45, 7) is 2.72. The molecule has 3 heterocycles. The van der Waals surface area contributed by atoms with E-state index in [1.54, 1.807) is 10.9 Å². The minimum Gasteiger partial charge on any atom is -0.480 e. The maximum atomic E-state index is 10.9. The van der Waals surface area contributed by atoms with Gasteiger partial charge in [0.05, 0.1) is 6.54 Å². The van der Waals surface area contributed by atoms with Gasteiger partial charge in [0.2, 0.25) is 0 Å². The van der Waals surface area contributed by atoms with Crippen LogP contribution in [0.5, 0.6) is 0 Å². The molecule has 7 heteroatoms. The van der Waals surface area contributed by atoms with Gasteiger partial charge in [-0.05, 0) is 25.5 Å². The number of carboxylic acid groups (broad SMARTS) is 1. The van der Waals surface area contributed by atoms with Crippen molar-refractivity contribution in [1.82, 2.24) is 24.2 Å². The number of piperidine rings is 1. The van der Waals surface area contributed by atoms with Crippen LogP contribution >= 0.6 is 0 Å². The highest BCUT2D eigenvalue weighted by Crippen LogP contribution is 2.27. The van der Waals surface area contributed by atoms with Crippen LogP contribution in [0.2, 0.25) is 0 Å². The van der Waals surface area contributed by atoms with Gasteiger partial charge >= 0.3 is 5.97 Å². The maximum Gasteiger partial charge on any atom is 0.325 e. The standard InChI is InChI=1S/C15H21N5O2/c1-18-8-6-16-14(18)10-19-7-2-3-12(9-19)13-4-5-17-20(13)11-15(21)22/h4-6,8,12H,2-3,7,9-11H2,1H3,(H,21,22)/t12-/m1/s1. The van der Waals surface area contributed by atoms with E-state index in [0.717, 1.165) is 44.0 Å². The molecule has 0 bridgehead atoms. The van der Waals surface area contributed by atoms with Crippen LogP contribution in [0.4, 0.5) is 0 Å². The lowest BCUT2D eigenvalue weighted by Crippen LogP contribution is -2.35. The summed E-state index contributed by atoms with van der Waals surface area (Å²) in [5.41, 5.74) is 1.02. The summed E-state index contributed by atoms with van der Waals surface area (Å²) in [4.78, 5) is 17.7. The third kappa shape index (κ3) is 3.19. The fourth-order valence-electron chi connectivity index (χ4n) is 3.14. The van der Waals surface area contributed by atoms with Crippen molar-refractivity contribution in [2.75, 3.05) is 13.1 Å². The van der Waals surface area contributed by atoms with Crippen LogP contribution in [0.3, 0.4) is 0 Å². The van der Waals surface area contributed by atoms with Gasteiger partial charge in [-0.3, -0.25) is 14.4 Å². The van der Waals surface area contributed by atoms with Gasteiger partial charge in [0.1, 0.15) is 12.4 Å². The number of aromatic nitrogens is 4. The van der Waals surface area contributed by atoms with Gasteiger partial charge in [-0.2, -0.15) is 5.10 Å². The van der Waals surface area contributed by atoms with Gasteiger partial charge in [0.25, 0.3) is 0 Å². The number of rotatable bonds is 5. The highest BCUT2D eigenvalue weighted by molar-refractivity contribution is 5.66. The van der Waals surface area contributed by atoms with Gasteiger partial charge in [-0.15, -0.1) is 0 Å². The summed E-state index contributed by atoms with van der Waals surface area (Å²) in [5, 5.41) is 13.1. The van der Waals surface area contributed by atoms with E-state index < -0.39 is 5.97 Å². The molecule has 2 aromatic heterocycles. The Hall–Kier alpha value is -2.15. The van der Waals surface area contributed by atoms with Crippen molar-refractivity contribution in [3.63, 3.8) is 0 Å². The summed E-state index contributed by atoms with van der Waals surface area (Å²) >= 11 is 0. The lowest BCUT2D eigenvalue weighted by molar-refractivity contribution is -0.137. The van der Waals surface area contributed by atoms with Crippen LogP contribution in [0.1, 0.15) is 30.3 Å². The predicted molar refractivity (Wildman–Crippen MR) is 80.3 cm³/mol. The summed E-state index contributed by atoms with van der Waals surface area (Å²) in [6.07, 6.45) is 7.64. The molecule has 1 N–H and O–H groups in total. The zero-order chi connectivity index (χ0) is 15.5. The Labute approximate surface area is 129 Å². The topological polar surface area (TPSA) is 76.2 Å². The number of aryl methyl sites for hydroxylation is 1. The first kappa shape index (κ1) is 14.8. The lowest BCUT2D eigenvalue weighted by atomic mass is 9.94. The summed E-state index contributed by atoms with van der Waals surface area (Å²) < 4.78 is 3.65. The van der Waals surface area contributed by atoms with Crippen LogP contribution in [-0.2, 0) is 24.9 Å². The lowest BCUT2D eigenvalue weighted by Gasteiger charge is -2.32.